The number of methoxy groups -OCH3 is 1. The van der Waals surface area contributed by atoms with E-state index in [1.165, 1.54) is 39.1 Å². The van der Waals surface area contributed by atoms with Gasteiger partial charge in [0.1, 0.15) is 12.6 Å². The van der Waals surface area contributed by atoms with Gasteiger partial charge in [-0.2, -0.15) is 8.78 Å². The Balaban J connectivity index is 0.000000255. The highest BCUT2D eigenvalue weighted by Gasteiger charge is 2.18. The van der Waals surface area contributed by atoms with Crippen LogP contribution < -0.4 is 5.32 Å². The number of carbonyl (C=O) groups excluding carboxylic acids is 3. The molecule has 2 N–H and O–H groups in total. The monoisotopic (exact) mass is 651 g/mol. The molecule has 0 bridgehead atoms. The second-order valence-electron chi connectivity index (χ2n) is 11.3. The van der Waals surface area contributed by atoms with Crippen LogP contribution in [0.2, 0.25) is 0 Å². The van der Waals surface area contributed by atoms with Crippen molar-refractivity contribution in [3.05, 3.63) is 88.9 Å². The van der Waals surface area contributed by atoms with Gasteiger partial charge in [0.25, 0.3) is 0 Å². The summed E-state index contributed by atoms with van der Waals surface area (Å²) in [7, 11) is 4.88. The number of likely N-dealkylation sites (N-methyl/N-ethyl adjacent to an activating group) is 1. The number of halogens is 2. The number of aryl methyl sites for hydroxylation is 3. The summed E-state index contributed by atoms with van der Waals surface area (Å²) in [5.74, 6) is 0. The molecule has 0 radical (unpaired) electrons. The maximum absolute atomic E-state index is 11.0. The smallest absolute Gasteiger partial charge is 0.345 e. The van der Waals surface area contributed by atoms with Gasteiger partial charge in [-0.1, -0.05) is 35.9 Å². The van der Waals surface area contributed by atoms with Crippen molar-refractivity contribution in [3.63, 3.8) is 0 Å². The quantitative estimate of drug-likeness (QED) is 0.207. The first-order chi connectivity index (χ1) is 22.6. The van der Waals surface area contributed by atoms with Crippen molar-refractivity contribution < 1.29 is 27.9 Å². The molecular weight excluding hydrogens is 604 g/mol. The van der Waals surface area contributed by atoms with Gasteiger partial charge in [0.2, 0.25) is 6.41 Å². The summed E-state index contributed by atoms with van der Waals surface area (Å²) in [4.78, 5) is 42.7. The highest BCUT2D eigenvalue weighted by molar-refractivity contribution is 5.79. The van der Waals surface area contributed by atoms with Crippen LogP contribution in [-0.4, -0.2) is 85.7 Å². The van der Waals surface area contributed by atoms with Gasteiger partial charge in [0, 0.05) is 49.2 Å². The molecule has 1 fully saturated rings. The van der Waals surface area contributed by atoms with Crippen molar-refractivity contribution in [1.29, 1.82) is 0 Å². The fourth-order valence-electron chi connectivity index (χ4n) is 5.03. The van der Waals surface area contributed by atoms with Gasteiger partial charge in [-0.15, -0.1) is 0 Å². The number of amides is 1. The van der Waals surface area contributed by atoms with Crippen LogP contribution in [-0.2, 0) is 32.2 Å². The van der Waals surface area contributed by atoms with Crippen molar-refractivity contribution in [2.24, 2.45) is 0 Å². The van der Waals surface area contributed by atoms with Crippen molar-refractivity contribution in [2.45, 2.75) is 59.4 Å². The summed E-state index contributed by atoms with van der Waals surface area (Å²) in [5.41, 5.74) is 9.32. The van der Waals surface area contributed by atoms with Crippen LogP contribution in [0.5, 0.6) is 0 Å². The number of aldehydes is 2. The number of nitrogens with one attached hydrogen (secondary N) is 2. The molecule has 11 heteroatoms. The van der Waals surface area contributed by atoms with Crippen LogP contribution in [0.15, 0.2) is 60.9 Å². The predicted molar refractivity (Wildman–Crippen MR) is 182 cm³/mol. The van der Waals surface area contributed by atoms with Crippen LogP contribution >= 0.6 is 0 Å². The number of likely N-dealkylation sites (tertiary alicyclic amines) is 1. The zero-order valence-corrected chi connectivity index (χ0v) is 28.1. The van der Waals surface area contributed by atoms with Crippen LogP contribution in [0.4, 0.5) is 8.78 Å². The molecule has 47 heavy (non-hydrogen) atoms. The molecule has 5 rings (SSSR count). The molecule has 9 nitrogen and oxygen atoms in total. The van der Waals surface area contributed by atoms with Gasteiger partial charge in [0.15, 0.2) is 0 Å². The van der Waals surface area contributed by atoms with E-state index in [0.29, 0.717) is 6.54 Å². The summed E-state index contributed by atoms with van der Waals surface area (Å²) in [6, 6.07) is 17.0. The molecular formula is C36H47F2N5O4. The molecule has 0 aliphatic carbocycles. The van der Waals surface area contributed by atoms with Gasteiger partial charge in [-0.05, 0) is 100 Å². The first-order valence-electron chi connectivity index (χ1n) is 15.4. The second-order valence-corrected chi connectivity index (χ2v) is 11.3. The number of ether oxygens (including phenoxy) is 1. The van der Waals surface area contributed by atoms with E-state index in [4.69, 9.17) is 0 Å². The van der Waals surface area contributed by atoms with E-state index in [0.717, 1.165) is 67.8 Å². The molecule has 1 atom stereocenters. The number of rotatable bonds is 10. The standard InChI is InChI=1S/C19H21NO2.C9H11N3.C6H11NO.C2H4F2O/c1-14-4-7-19(16(3)10-14)17-6-5-15(2)18(11-17)12-20(13-22)8-9-21;1-10-6-8-4-7-5-11-3-2-9(7)12-8;1-7-4-2-3-6(7)5-8;1-5-2(3)4/h4-7,9-11,13H,8,12H2,1-3H3;2-5,10,12H,6H2,1H3;5-6H,2-4H2,1H3;2H,1H3. The maximum Gasteiger partial charge on any atom is 0.345 e. The van der Waals surface area contributed by atoms with E-state index < -0.39 is 6.61 Å². The minimum atomic E-state index is -2.62. The number of pyridine rings is 1. The first kappa shape index (κ1) is 38.9. The van der Waals surface area contributed by atoms with Gasteiger partial charge >= 0.3 is 6.61 Å². The van der Waals surface area contributed by atoms with E-state index in [1.807, 2.05) is 33.3 Å². The number of nitrogens with zero attached hydrogens (tertiary/aromatic N) is 3. The average molecular weight is 652 g/mol. The SMILES string of the molecule is CN1CCCC1C=O.CNCc1cc2cnccc2[nH]1.COC(F)F.Cc1ccc(-c2ccc(C)c(CN(C=O)CC=O)c2)c(C)c1. The predicted octanol–water partition coefficient (Wildman–Crippen LogP) is 5.85. The Morgan fingerprint density at radius 3 is 2.36 bits per heavy atom. The number of hydrogen-bond donors (Lipinski definition) is 2. The zero-order valence-electron chi connectivity index (χ0n) is 28.1. The molecule has 254 valence electrons. The molecule has 2 aromatic heterocycles. The zero-order chi connectivity index (χ0) is 34.8. The van der Waals surface area contributed by atoms with E-state index >= 15 is 0 Å². The minimum absolute atomic E-state index is 0.122. The molecule has 0 saturated carbocycles. The van der Waals surface area contributed by atoms with Gasteiger partial charge in [-0.3, -0.25) is 14.7 Å². The van der Waals surface area contributed by atoms with Gasteiger partial charge in [0.05, 0.1) is 12.6 Å². The number of H-pyrrole nitrogens is 1. The highest BCUT2D eigenvalue weighted by Crippen LogP contribution is 2.27. The first-order valence-corrected chi connectivity index (χ1v) is 15.4. The summed E-state index contributed by atoms with van der Waals surface area (Å²) in [5, 5.41) is 4.26. The summed E-state index contributed by atoms with van der Waals surface area (Å²) in [6.07, 6.45) is 8.40. The Labute approximate surface area is 276 Å². The Bertz CT molecular complexity index is 1510. The van der Waals surface area contributed by atoms with Gasteiger partial charge in [-0.25, -0.2) is 0 Å². The summed E-state index contributed by atoms with van der Waals surface area (Å²) >= 11 is 0. The van der Waals surface area contributed by atoms with Crippen molar-refractivity contribution in [2.75, 3.05) is 34.3 Å². The van der Waals surface area contributed by atoms with Crippen molar-refractivity contribution in [3.8, 4) is 11.1 Å². The summed E-state index contributed by atoms with van der Waals surface area (Å²) in [6.45, 7) is 6.12. The third kappa shape index (κ3) is 13.1. The molecule has 1 amide bonds. The lowest BCUT2D eigenvalue weighted by Gasteiger charge is -2.17. The number of benzene rings is 2. The maximum atomic E-state index is 11.0. The number of alkyl halides is 2. The van der Waals surface area contributed by atoms with E-state index in [1.54, 1.807) is 6.20 Å². The lowest BCUT2D eigenvalue weighted by atomic mass is 9.95. The molecule has 1 saturated heterocycles. The third-order valence-corrected chi connectivity index (χ3v) is 7.63. The van der Waals surface area contributed by atoms with Crippen LogP contribution in [0.3, 0.4) is 0 Å². The third-order valence-electron chi connectivity index (χ3n) is 7.63. The van der Waals surface area contributed by atoms with E-state index in [9.17, 15) is 23.2 Å². The van der Waals surface area contributed by atoms with Crippen molar-refractivity contribution >= 4 is 29.9 Å². The topological polar surface area (TPSA) is 108 Å². The highest BCUT2D eigenvalue weighted by atomic mass is 19.3. The normalized spacial score (nSPS) is 13.9. The largest absolute Gasteiger partial charge is 0.357 e. The Kier molecular flexibility index (Phi) is 17.1. The average Bonchev–Trinajstić information content (AvgIpc) is 3.68. The number of aromatic amines is 1. The van der Waals surface area contributed by atoms with Crippen molar-refractivity contribution in [1.82, 2.24) is 25.1 Å². The minimum Gasteiger partial charge on any atom is -0.357 e. The van der Waals surface area contributed by atoms with Crippen LogP contribution in [0, 0.1) is 20.8 Å². The Hall–Kier alpha value is -4.32. The Morgan fingerprint density at radius 1 is 1.09 bits per heavy atom. The number of aromatic nitrogens is 2. The molecule has 1 aliphatic rings. The Morgan fingerprint density at radius 2 is 1.83 bits per heavy atom. The van der Waals surface area contributed by atoms with Crippen LogP contribution in [0.1, 0.15) is 40.8 Å². The lowest BCUT2D eigenvalue weighted by Crippen LogP contribution is -2.25. The number of hydrogen-bond acceptors (Lipinski definition) is 7. The summed E-state index contributed by atoms with van der Waals surface area (Å²) < 4.78 is 24.5. The van der Waals surface area contributed by atoms with Gasteiger partial charge < -0.3 is 29.5 Å². The molecule has 2 aromatic carbocycles. The van der Waals surface area contributed by atoms with E-state index in [-0.39, 0.29) is 12.6 Å². The second kappa shape index (κ2) is 20.7. The molecule has 3 heterocycles. The van der Waals surface area contributed by atoms with E-state index in [2.05, 4.69) is 81.2 Å². The number of carbonyl (C=O) groups is 3. The number of fused-ring (bicyclic) bond motifs is 1. The molecule has 0 spiro atoms. The fraction of sp³-hybridized carbons (Fsp3) is 0.389. The molecule has 4 aromatic rings. The van der Waals surface area contributed by atoms with Crippen LogP contribution in [0.25, 0.3) is 22.0 Å². The fourth-order valence-corrected chi connectivity index (χ4v) is 5.03. The molecule has 1 aliphatic heterocycles. The lowest BCUT2D eigenvalue weighted by molar-refractivity contribution is -0.122. The molecule has 1 unspecified atom stereocenters.